The molecule has 6 amide bonds. The Labute approximate surface area is 483 Å². The van der Waals surface area contributed by atoms with E-state index in [9.17, 15) is 100 Å². The minimum absolute atomic E-state index is 0.705. The second kappa shape index (κ2) is 30.8. The van der Waals surface area contributed by atoms with Gasteiger partial charge in [-0.3, -0.25) is 28.8 Å². The number of carbonyl (C=O) groups excluding carboxylic acids is 6. The number of carbonyl (C=O) groups is 6. The number of amides is 6. The van der Waals surface area contributed by atoms with Gasteiger partial charge in [0.2, 0.25) is 35.4 Å². The molecule has 6 rings (SSSR count). The average Bonchev–Trinajstić information content (AvgIpc) is 2.60. The predicted molar refractivity (Wildman–Crippen MR) is 269 cm³/mol. The molecule has 20 N–H and O–H groups in total. The Hall–Kier alpha value is -4.18. The van der Waals surface area contributed by atoms with Crippen LogP contribution in [-0.2, 0) is 80.9 Å². The first-order chi connectivity index (χ1) is 40.1. The van der Waals surface area contributed by atoms with E-state index >= 15 is 0 Å². The summed E-state index contributed by atoms with van der Waals surface area (Å²) in [6.07, 6.45) is -43.4. The van der Waals surface area contributed by atoms with Gasteiger partial charge in [0.1, 0.15) is 146 Å². The summed E-state index contributed by atoms with van der Waals surface area (Å²) in [6, 6.07) is -10.0. The number of ether oxygens (including phenoxy) is 11. The van der Waals surface area contributed by atoms with E-state index in [1.807, 2.05) is 0 Å². The highest BCUT2D eigenvalue weighted by atomic mass is 16.8. The van der Waals surface area contributed by atoms with Crippen molar-refractivity contribution in [2.75, 3.05) is 39.6 Å². The van der Waals surface area contributed by atoms with Crippen molar-refractivity contribution in [2.24, 2.45) is 0 Å². The number of rotatable bonds is 22. The van der Waals surface area contributed by atoms with E-state index in [0.717, 1.165) is 41.5 Å². The maximum absolute atomic E-state index is 12.8. The van der Waals surface area contributed by atoms with Gasteiger partial charge in [-0.2, -0.15) is 0 Å². The zero-order valence-corrected chi connectivity index (χ0v) is 46.8. The van der Waals surface area contributed by atoms with Gasteiger partial charge in [-0.05, 0) is 0 Å². The standard InChI is InChI=1S/C48H80N6O31/c1-13(61)49-25-33(69)38(20(8-56)75-43(25)74)81-45-27(51-15(3)63)35(71)40(22(10-58)77-45)83-47-29(53-17(5)65)37(73)42(24(12-60)79-47)85-48-30(54-18(6)66)36(72)41(23(11-59)80-48)84-46-28(52-16(4)64)34(70)39(21(9-57)78-46)82-44-26(50-14(2)62)32(68)31(67)19(7-55)76-44/h19-48,55-60,67-74H,7-12H2,1-6H3,(H,49,61)(H,50,62)(H,51,63)(H,52,64)(H,53,65)(H,54,66)/t19-,20-,21-,22-,23-,24-,25-,26-,27-,28-,29-,30-,31-,32-,33-,34-,35-,36-,37-,38-,39-,40-,41-,42-,43-,44+,45+,46-,47+,48-/m1/s1. The van der Waals surface area contributed by atoms with Crippen molar-refractivity contribution in [2.45, 2.75) is 225 Å². The lowest BCUT2D eigenvalue weighted by Gasteiger charge is -2.51. The molecule has 488 valence electrons. The molecule has 85 heavy (non-hydrogen) atoms. The van der Waals surface area contributed by atoms with E-state index in [-0.39, 0.29) is 0 Å². The van der Waals surface area contributed by atoms with Crippen LogP contribution in [0.1, 0.15) is 41.5 Å². The Balaban J connectivity index is 1.23. The molecular formula is C48H80N6O31. The van der Waals surface area contributed by atoms with Gasteiger partial charge >= 0.3 is 0 Å². The lowest BCUT2D eigenvalue weighted by atomic mass is 9.92. The molecule has 0 spiro atoms. The summed E-state index contributed by atoms with van der Waals surface area (Å²) in [6.45, 7) is 0.406. The molecule has 37 nitrogen and oxygen atoms in total. The quantitative estimate of drug-likeness (QED) is 0.0479. The zero-order valence-electron chi connectivity index (χ0n) is 46.8. The first-order valence-corrected chi connectivity index (χ1v) is 27.1. The van der Waals surface area contributed by atoms with E-state index in [1.54, 1.807) is 0 Å². The molecule has 6 heterocycles. The molecule has 6 fully saturated rings. The first-order valence-electron chi connectivity index (χ1n) is 27.1. The van der Waals surface area contributed by atoms with Crippen molar-refractivity contribution in [1.29, 1.82) is 0 Å². The fourth-order valence-electron chi connectivity index (χ4n) is 11.0. The van der Waals surface area contributed by atoms with Crippen LogP contribution in [0.4, 0.5) is 0 Å². The van der Waals surface area contributed by atoms with Gasteiger partial charge in [-0.25, -0.2) is 0 Å². The molecule has 6 saturated heterocycles. The fraction of sp³-hybridized carbons (Fsp3) is 0.875. The molecule has 0 radical (unpaired) electrons. The van der Waals surface area contributed by atoms with Crippen LogP contribution in [0.25, 0.3) is 0 Å². The molecule has 0 unspecified atom stereocenters. The maximum atomic E-state index is 12.8. The van der Waals surface area contributed by atoms with Crippen molar-refractivity contribution < 1.29 is 152 Å². The molecular weight excluding hydrogens is 1160 g/mol. The molecule has 0 saturated carbocycles. The Morgan fingerprint density at radius 1 is 0.282 bits per heavy atom. The van der Waals surface area contributed by atoms with Crippen molar-refractivity contribution in [1.82, 2.24) is 31.9 Å². The Morgan fingerprint density at radius 3 is 0.694 bits per heavy atom. The molecule has 6 aliphatic rings. The summed E-state index contributed by atoms with van der Waals surface area (Å²) in [7, 11) is 0. The summed E-state index contributed by atoms with van der Waals surface area (Å²) >= 11 is 0. The molecule has 37 heteroatoms. The second-order valence-electron chi connectivity index (χ2n) is 21.2. The highest BCUT2D eigenvalue weighted by Crippen LogP contribution is 2.37. The number of nitrogens with one attached hydrogen (secondary N) is 6. The topological polar surface area (TPSA) is 559 Å². The Bertz CT molecular complexity index is 2230. The zero-order chi connectivity index (χ0) is 63.0. The van der Waals surface area contributed by atoms with Crippen molar-refractivity contribution in [3.8, 4) is 0 Å². The minimum Gasteiger partial charge on any atom is -0.394 e. The van der Waals surface area contributed by atoms with Gasteiger partial charge < -0.3 is 155 Å². The van der Waals surface area contributed by atoms with Crippen molar-refractivity contribution in [3.63, 3.8) is 0 Å². The molecule has 0 bridgehead atoms. The van der Waals surface area contributed by atoms with Crippen LogP contribution in [-0.4, -0.2) is 330 Å². The van der Waals surface area contributed by atoms with E-state index < -0.39 is 259 Å². The highest BCUT2D eigenvalue weighted by molar-refractivity contribution is 5.75. The molecule has 30 atom stereocenters. The minimum atomic E-state index is -2.07. The summed E-state index contributed by atoms with van der Waals surface area (Å²) in [5, 5.41) is 168. The number of hydrogen-bond donors (Lipinski definition) is 20. The molecule has 0 aromatic heterocycles. The third-order valence-corrected chi connectivity index (χ3v) is 14.8. The van der Waals surface area contributed by atoms with Gasteiger partial charge in [0.15, 0.2) is 37.7 Å². The van der Waals surface area contributed by atoms with Crippen LogP contribution < -0.4 is 31.9 Å². The molecule has 0 aromatic carbocycles. The maximum Gasteiger partial charge on any atom is 0.217 e. The van der Waals surface area contributed by atoms with Gasteiger partial charge in [-0.15, -0.1) is 0 Å². The van der Waals surface area contributed by atoms with Crippen LogP contribution in [0.15, 0.2) is 0 Å². The number of aliphatic hydroxyl groups excluding tert-OH is 14. The number of hydrogen-bond acceptors (Lipinski definition) is 31. The Morgan fingerprint density at radius 2 is 0.471 bits per heavy atom. The van der Waals surface area contributed by atoms with E-state index in [0.29, 0.717) is 0 Å². The monoisotopic (exact) mass is 1240 g/mol. The van der Waals surface area contributed by atoms with Crippen LogP contribution in [0, 0.1) is 0 Å². The van der Waals surface area contributed by atoms with E-state index in [2.05, 4.69) is 31.9 Å². The average molecular weight is 1240 g/mol. The van der Waals surface area contributed by atoms with Crippen molar-refractivity contribution >= 4 is 35.4 Å². The second-order valence-corrected chi connectivity index (χ2v) is 21.2. The van der Waals surface area contributed by atoms with E-state index in [4.69, 9.17) is 52.1 Å². The molecule has 0 aliphatic carbocycles. The smallest absolute Gasteiger partial charge is 0.217 e. The lowest BCUT2D eigenvalue weighted by Crippen LogP contribution is -2.72. The Kier molecular flexibility index (Phi) is 25.4. The summed E-state index contributed by atoms with van der Waals surface area (Å²) in [5.41, 5.74) is 0. The van der Waals surface area contributed by atoms with Crippen LogP contribution in [0.2, 0.25) is 0 Å². The molecule has 0 aromatic rings. The van der Waals surface area contributed by atoms with Crippen LogP contribution in [0.3, 0.4) is 0 Å². The third-order valence-electron chi connectivity index (χ3n) is 14.8. The highest BCUT2D eigenvalue weighted by Gasteiger charge is 2.59. The van der Waals surface area contributed by atoms with Gasteiger partial charge in [0.05, 0.1) is 39.6 Å². The summed E-state index contributed by atoms with van der Waals surface area (Å²) < 4.78 is 65.4. The SMILES string of the molecule is CC(=O)N[C@@H]1[C@@H](O)[C@H](O[C@@H]2O[C@H](CO)[C@@H](O[C@@H]3O[C@H](CO)[C@@H](O[C@H]4O[C@H](CO)[C@@H](O[C@H]5O[C@H](CO)[C@@H](O[C@@H]6O[C@H](CO)[C@@H](O)[C@H](O)[C@H]6NC(C)=O)[C@H](O)[C@H]5NC(C)=O)[C@H](O)[C@H]4NC(C)=O)[C@H](O)[C@H]3NC(C)=O)[C@H](O)[C@H]2NC(C)=O)[C@@H](CO)O[C@H]1O. The lowest BCUT2D eigenvalue weighted by molar-refractivity contribution is -0.370. The number of aliphatic hydroxyl groups is 14. The van der Waals surface area contributed by atoms with E-state index in [1.165, 1.54) is 0 Å². The summed E-state index contributed by atoms with van der Waals surface area (Å²) in [4.78, 5) is 74.9. The third kappa shape index (κ3) is 16.4. The van der Waals surface area contributed by atoms with Crippen LogP contribution >= 0.6 is 0 Å². The van der Waals surface area contributed by atoms with Gasteiger partial charge in [0, 0.05) is 41.5 Å². The summed E-state index contributed by atoms with van der Waals surface area (Å²) in [5.74, 6) is -4.75. The van der Waals surface area contributed by atoms with Gasteiger partial charge in [0.25, 0.3) is 0 Å². The predicted octanol–water partition coefficient (Wildman–Crippen LogP) is -13.2. The van der Waals surface area contributed by atoms with Gasteiger partial charge in [-0.1, -0.05) is 0 Å². The molecule has 6 aliphatic heterocycles. The largest absolute Gasteiger partial charge is 0.394 e. The van der Waals surface area contributed by atoms with Crippen LogP contribution in [0.5, 0.6) is 0 Å². The van der Waals surface area contributed by atoms with Crippen molar-refractivity contribution in [3.05, 3.63) is 0 Å². The first kappa shape index (κ1) is 69.9. The normalized spacial score (nSPS) is 44.0. The fourth-order valence-corrected chi connectivity index (χ4v) is 11.0.